The van der Waals surface area contributed by atoms with Crippen LogP contribution >= 0.6 is 0 Å². The Hall–Kier alpha value is -2.69. The molecule has 0 aliphatic carbocycles. The number of hydrogen-bond donors (Lipinski definition) is 1. The largest absolute Gasteiger partial charge is 0.495 e. The third-order valence-electron chi connectivity index (χ3n) is 2.97. The van der Waals surface area contributed by atoms with Crippen LogP contribution in [0.2, 0.25) is 0 Å². The molecule has 0 aliphatic rings. The van der Waals surface area contributed by atoms with Crippen LogP contribution in [0, 0.1) is 6.92 Å². The van der Waals surface area contributed by atoms with Crippen molar-refractivity contribution in [2.24, 2.45) is 0 Å². The smallest absolute Gasteiger partial charge is 0.142 e. The Bertz CT molecular complexity index is 758. The summed E-state index contributed by atoms with van der Waals surface area (Å²) in [6.45, 7) is 1.86. The van der Waals surface area contributed by atoms with Crippen molar-refractivity contribution in [3.63, 3.8) is 0 Å². The van der Waals surface area contributed by atoms with Gasteiger partial charge in [0.05, 0.1) is 24.5 Å². The van der Waals surface area contributed by atoms with E-state index < -0.39 is 0 Å². The number of aryl methyl sites for hydroxylation is 1. The summed E-state index contributed by atoms with van der Waals surface area (Å²) in [5, 5.41) is 4.23. The molecule has 20 heavy (non-hydrogen) atoms. The zero-order chi connectivity index (χ0) is 13.9. The maximum absolute atomic E-state index is 5.34. The Morgan fingerprint density at radius 2 is 1.95 bits per heavy atom. The predicted octanol–water partition coefficient (Wildman–Crippen LogP) is 3.09. The van der Waals surface area contributed by atoms with Gasteiger partial charge in [-0.05, 0) is 25.1 Å². The van der Waals surface area contributed by atoms with E-state index in [0.717, 1.165) is 28.2 Å². The maximum atomic E-state index is 5.34. The second-order valence-electron chi connectivity index (χ2n) is 4.34. The summed E-state index contributed by atoms with van der Waals surface area (Å²) in [6, 6.07) is 9.62. The number of benzene rings is 1. The molecule has 2 heterocycles. The van der Waals surface area contributed by atoms with Crippen LogP contribution < -0.4 is 10.1 Å². The molecule has 100 valence electrons. The fourth-order valence-corrected chi connectivity index (χ4v) is 2.07. The number of anilines is 2. The normalized spacial score (nSPS) is 10.5. The Balaban J connectivity index is 2.10. The number of pyridine rings is 1. The average molecular weight is 266 g/mol. The first-order chi connectivity index (χ1) is 9.78. The van der Waals surface area contributed by atoms with Gasteiger partial charge in [0, 0.05) is 11.6 Å². The lowest BCUT2D eigenvalue weighted by Gasteiger charge is -2.12. The number of fused-ring (bicyclic) bond motifs is 1. The minimum Gasteiger partial charge on any atom is -0.495 e. The summed E-state index contributed by atoms with van der Waals surface area (Å²) in [6.07, 6.45) is 3.46. The van der Waals surface area contributed by atoms with E-state index in [1.807, 2.05) is 37.3 Å². The van der Waals surface area contributed by atoms with Crippen molar-refractivity contribution in [1.82, 2.24) is 15.0 Å². The highest BCUT2D eigenvalue weighted by Gasteiger charge is 2.08. The van der Waals surface area contributed by atoms with Crippen LogP contribution in [0.15, 0.2) is 42.7 Å². The summed E-state index contributed by atoms with van der Waals surface area (Å²) in [7, 11) is 1.65. The van der Waals surface area contributed by atoms with E-state index in [9.17, 15) is 0 Å². The van der Waals surface area contributed by atoms with Crippen molar-refractivity contribution in [2.75, 3.05) is 12.4 Å². The molecule has 0 saturated heterocycles. The third kappa shape index (κ3) is 2.25. The minimum atomic E-state index is 0.697. The predicted molar refractivity (Wildman–Crippen MR) is 78.3 cm³/mol. The van der Waals surface area contributed by atoms with Crippen LogP contribution in [0.3, 0.4) is 0 Å². The van der Waals surface area contributed by atoms with E-state index in [0.29, 0.717) is 5.82 Å². The second kappa shape index (κ2) is 5.13. The summed E-state index contributed by atoms with van der Waals surface area (Å²) >= 11 is 0. The van der Waals surface area contributed by atoms with Gasteiger partial charge in [-0.25, -0.2) is 9.97 Å². The number of rotatable bonds is 3. The molecule has 0 spiro atoms. The zero-order valence-electron chi connectivity index (χ0n) is 11.3. The van der Waals surface area contributed by atoms with Crippen LogP contribution in [-0.2, 0) is 0 Å². The highest BCUT2D eigenvalue weighted by molar-refractivity contribution is 5.90. The average Bonchev–Trinajstić information content (AvgIpc) is 2.47. The summed E-state index contributed by atoms with van der Waals surface area (Å²) in [4.78, 5) is 12.9. The molecule has 0 unspecified atom stereocenters. The number of hydrogen-bond acceptors (Lipinski definition) is 5. The Morgan fingerprint density at radius 1 is 1.10 bits per heavy atom. The van der Waals surface area contributed by atoms with Gasteiger partial charge >= 0.3 is 0 Å². The van der Waals surface area contributed by atoms with Crippen molar-refractivity contribution in [2.45, 2.75) is 6.92 Å². The standard InChI is InChI=1S/C15H14N4O/c1-10-17-13-9-16-8-7-11(13)15(18-10)19-12-5-3-4-6-14(12)20-2/h3-9H,1-2H3,(H,17,18,19). The van der Waals surface area contributed by atoms with Gasteiger partial charge in [-0.1, -0.05) is 12.1 Å². The van der Waals surface area contributed by atoms with Gasteiger partial charge in [0.2, 0.25) is 0 Å². The molecule has 0 aliphatic heterocycles. The number of methoxy groups -OCH3 is 1. The topological polar surface area (TPSA) is 59.9 Å². The van der Waals surface area contributed by atoms with Crippen LogP contribution in [-0.4, -0.2) is 22.1 Å². The van der Waals surface area contributed by atoms with Crippen molar-refractivity contribution in [1.29, 1.82) is 0 Å². The zero-order valence-corrected chi connectivity index (χ0v) is 11.3. The highest BCUT2D eigenvalue weighted by atomic mass is 16.5. The first kappa shape index (κ1) is 12.3. The number of ether oxygens (including phenoxy) is 1. The monoisotopic (exact) mass is 266 g/mol. The maximum Gasteiger partial charge on any atom is 0.142 e. The van der Waals surface area contributed by atoms with Crippen LogP contribution in [0.5, 0.6) is 5.75 Å². The number of para-hydroxylation sites is 2. The fourth-order valence-electron chi connectivity index (χ4n) is 2.07. The van der Waals surface area contributed by atoms with Crippen molar-refractivity contribution >= 4 is 22.4 Å². The van der Waals surface area contributed by atoms with Gasteiger partial charge < -0.3 is 10.1 Å². The lowest BCUT2D eigenvalue weighted by Crippen LogP contribution is -2.00. The number of aromatic nitrogens is 3. The van der Waals surface area contributed by atoms with Crippen molar-refractivity contribution in [3.05, 3.63) is 48.5 Å². The molecular formula is C15H14N4O. The molecule has 5 heteroatoms. The molecule has 3 aromatic rings. The fraction of sp³-hybridized carbons (Fsp3) is 0.133. The molecule has 0 amide bonds. The van der Waals surface area contributed by atoms with Gasteiger partial charge in [-0.15, -0.1) is 0 Å². The molecule has 2 aromatic heterocycles. The molecule has 1 N–H and O–H groups in total. The van der Waals surface area contributed by atoms with Gasteiger partial charge in [-0.3, -0.25) is 4.98 Å². The lowest BCUT2D eigenvalue weighted by molar-refractivity contribution is 0.417. The quantitative estimate of drug-likeness (QED) is 0.789. The minimum absolute atomic E-state index is 0.697. The van der Waals surface area contributed by atoms with E-state index in [2.05, 4.69) is 20.3 Å². The van der Waals surface area contributed by atoms with Gasteiger partial charge in [0.1, 0.15) is 17.4 Å². The Kier molecular flexibility index (Phi) is 3.16. The number of nitrogens with one attached hydrogen (secondary N) is 1. The van der Waals surface area contributed by atoms with Crippen molar-refractivity contribution in [3.8, 4) is 5.75 Å². The first-order valence-corrected chi connectivity index (χ1v) is 6.26. The van der Waals surface area contributed by atoms with E-state index in [1.54, 1.807) is 19.5 Å². The van der Waals surface area contributed by atoms with Crippen LogP contribution in [0.4, 0.5) is 11.5 Å². The molecule has 1 aromatic carbocycles. The SMILES string of the molecule is COc1ccccc1Nc1nc(C)nc2cnccc12. The second-order valence-corrected chi connectivity index (χ2v) is 4.34. The molecule has 5 nitrogen and oxygen atoms in total. The van der Waals surface area contributed by atoms with E-state index in [-0.39, 0.29) is 0 Å². The highest BCUT2D eigenvalue weighted by Crippen LogP contribution is 2.29. The summed E-state index contributed by atoms with van der Waals surface area (Å²) < 4.78 is 5.34. The van der Waals surface area contributed by atoms with Gasteiger partial charge in [-0.2, -0.15) is 0 Å². The Labute approximate surface area is 116 Å². The van der Waals surface area contributed by atoms with Crippen LogP contribution in [0.25, 0.3) is 10.9 Å². The third-order valence-corrected chi connectivity index (χ3v) is 2.97. The van der Waals surface area contributed by atoms with Gasteiger partial charge in [0.25, 0.3) is 0 Å². The molecule has 0 atom stereocenters. The van der Waals surface area contributed by atoms with Crippen LogP contribution in [0.1, 0.15) is 5.82 Å². The lowest BCUT2D eigenvalue weighted by atomic mass is 10.2. The molecule has 0 fully saturated rings. The number of nitrogens with zero attached hydrogens (tertiary/aromatic N) is 3. The Morgan fingerprint density at radius 3 is 2.80 bits per heavy atom. The first-order valence-electron chi connectivity index (χ1n) is 6.26. The van der Waals surface area contributed by atoms with E-state index >= 15 is 0 Å². The molecular weight excluding hydrogens is 252 g/mol. The molecule has 3 rings (SSSR count). The van der Waals surface area contributed by atoms with E-state index in [4.69, 9.17) is 4.74 Å². The van der Waals surface area contributed by atoms with Crippen molar-refractivity contribution < 1.29 is 4.74 Å². The summed E-state index contributed by atoms with van der Waals surface area (Å²) in [5.41, 5.74) is 1.68. The van der Waals surface area contributed by atoms with E-state index in [1.165, 1.54) is 0 Å². The molecule has 0 saturated carbocycles. The molecule has 0 bridgehead atoms. The molecule has 0 radical (unpaired) electrons. The summed E-state index contributed by atoms with van der Waals surface area (Å²) in [5.74, 6) is 2.22. The van der Waals surface area contributed by atoms with Gasteiger partial charge in [0.15, 0.2) is 0 Å².